The minimum atomic E-state index is -0.684. The Morgan fingerprint density at radius 2 is 2.19 bits per heavy atom. The Balaban J connectivity index is 2.69. The molecule has 16 heavy (non-hydrogen) atoms. The van der Waals surface area contributed by atoms with Crippen molar-refractivity contribution in [2.45, 2.75) is 13.0 Å². The largest absolute Gasteiger partial charge is 0.467 e. The number of rotatable bonds is 3. The van der Waals surface area contributed by atoms with E-state index in [2.05, 4.69) is 31.0 Å². The maximum absolute atomic E-state index is 11.6. The minimum Gasteiger partial charge on any atom is -0.467 e. The summed E-state index contributed by atoms with van der Waals surface area (Å²) in [5, 5.41) is 2.50. The van der Waals surface area contributed by atoms with Crippen LogP contribution in [0.15, 0.2) is 22.9 Å². The number of hydrogen-bond acceptors (Lipinski definition) is 4. The zero-order chi connectivity index (χ0) is 12.1. The number of aromatic nitrogens is 1. The molecule has 0 radical (unpaired) electrons. The molecule has 0 saturated carbocycles. The normalized spacial score (nSPS) is 11.7. The van der Waals surface area contributed by atoms with Crippen molar-refractivity contribution in [2.24, 2.45) is 0 Å². The van der Waals surface area contributed by atoms with Gasteiger partial charge in [-0.3, -0.25) is 9.78 Å². The average Bonchev–Trinajstić information content (AvgIpc) is 2.27. The molecule has 1 aromatic rings. The van der Waals surface area contributed by atoms with Gasteiger partial charge in [0.1, 0.15) is 6.04 Å². The molecule has 0 aliphatic carbocycles. The summed E-state index contributed by atoms with van der Waals surface area (Å²) in [7, 11) is 1.27. The van der Waals surface area contributed by atoms with Gasteiger partial charge in [-0.15, -0.1) is 0 Å². The van der Waals surface area contributed by atoms with Crippen LogP contribution in [0, 0.1) is 0 Å². The van der Waals surface area contributed by atoms with Crippen LogP contribution in [0.4, 0.5) is 0 Å². The lowest BCUT2D eigenvalue weighted by molar-refractivity contribution is -0.142. The monoisotopic (exact) mass is 286 g/mol. The summed E-state index contributed by atoms with van der Waals surface area (Å²) in [4.78, 5) is 26.6. The molecule has 1 heterocycles. The third kappa shape index (κ3) is 3.30. The highest BCUT2D eigenvalue weighted by atomic mass is 79.9. The molecule has 0 aromatic carbocycles. The van der Waals surface area contributed by atoms with Gasteiger partial charge in [0.2, 0.25) is 0 Å². The maximum atomic E-state index is 11.6. The fourth-order valence-corrected chi connectivity index (χ4v) is 1.42. The molecular formula is C10H11BrN2O3. The number of methoxy groups -OCH3 is 1. The molecule has 86 valence electrons. The Bertz CT molecular complexity index is 409. The number of halogens is 1. The predicted molar refractivity (Wildman–Crippen MR) is 60.9 cm³/mol. The second-order valence-corrected chi connectivity index (χ2v) is 4.03. The van der Waals surface area contributed by atoms with Crippen LogP contribution in [0.3, 0.4) is 0 Å². The van der Waals surface area contributed by atoms with Crippen molar-refractivity contribution in [3.8, 4) is 0 Å². The van der Waals surface area contributed by atoms with Gasteiger partial charge in [-0.25, -0.2) is 4.79 Å². The topological polar surface area (TPSA) is 68.3 Å². The quantitative estimate of drug-likeness (QED) is 0.846. The van der Waals surface area contributed by atoms with Crippen LogP contribution in [0.2, 0.25) is 0 Å². The molecule has 5 nitrogen and oxygen atoms in total. The molecule has 1 amide bonds. The molecule has 0 unspecified atom stereocenters. The molecular weight excluding hydrogens is 276 g/mol. The van der Waals surface area contributed by atoms with Gasteiger partial charge in [-0.05, 0) is 28.9 Å². The summed E-state index contributed by atoms with van der Waals surface area (Å²) in [6.45, 7) is 1.55. The van der Waals surface area contributed by atoms with Crippen LogP contribution in [-0.4, -0.2) is 30.0 Å². The first-order valence-corrected chi connectivity index (χ1v) is 5.33. The van der Waals surface area contributed by atoms with E-state index in [0.29, 0.717) is 10.0 Å². The molecule has 1 atom stereocenters. The van der Waals surface area contributed by atoms with E-state index in [0.717, 1.165) is 0 Å². The first-order chi connectivity index (χ1) is 7.54. The Morgan fingerprint density at radius 3 is 2.75 bits per heavy atom. The van der Waals surface area contributed by atoms with E-state index < -0.39 is 12.0 Å². The van der Waals surface area contributed by atoms with Crippen LogP contribution >= 0.6 is 15.9 Å². The molecule has 0 saturated heterocycles. The summed E-state index contributed by atoms with van der Waals surface area (Å²) in [6.07, 6.45) is 2.99. The summed E-state index contributed by atoms with van der Waals surface area (Å²) < 4.78 is 5.19. The van der Waals surface area contributed by atoms with Crippen LogP contribution < -0.4 is 5.32 Å². The van der Waals surface area contributed by atoms with Gasteiger partial charge in [0.05, 0.1) is 12.7 Å². The van der Waals surface area contributed by atoms with E-state index >= 15 is 0 Å². The smallest absolute Gasteiger partial charge is 0.328 e. The molecule has 0 bridgehead atoms. The second-order valence-electron chi connectivity index (χ2n) is 3.11. The Kier molecular flexibility index (Phi) is 4.42. The maximum Gasteiger partial charge on any atom is 0.328 e. The molecule has 0 aliphatic heterocycles. The highest BCUT2D eigenvalue weighted by Gasteiger charge is 2.16. The van der Waals surface area contributed by atoms with Gasteiger partial charge < -0.3 is 10.1 Å². The molecule has 1 aromatic heterocycles. The van der Waals surface area contributed by atoms with E-state index in [1.165, 1.54) is 13.3 Å². The van der Waals surface area contributed by atoms with Crippen molar-refractivity contribution in [1.82, 2.24) is 10.3 Å². The van der Waals surface area contributed by atoms with Crippen LogP contribution in [0.25, 0.3) is 0 Å². The van der Waals surface area contributed by atoms with Crippen molar-refractivity contribution in [2.75, 3.05) is 7.11 Å². The number of nitrogens with zero attached hydrogens (tertiary/aromatic N) is 1. The van der Waals surface area contributed by atoms with Crippen molar-refractivity contribution in [1.29, 1.82) is 0 Å². The minimum absolute atomic E-state index is 0.369. The summed E-state index contributed by atoms with van der Waals surface area (Å²) in [5.74, 6) is -0.858. The van der Waals surface area contributed by atoms with Gasteiger partial charge in [0.25, 0.3) is 5.91 Å². The first kappa shape index (κ1) is 12.6. The average molecular weight is 287 g/mol. The summed E-state index contributed by atoms with van der Waals surface area (Å²) in [5.41, 5.74) is 0.380. The van der Waals surface area contributed by atoms with E-state index in [4.69, 9.17) is 0 Å². The lowest BCUT2D eigenvalue weighted by atomic mass is 10.2. The first-order valence-electron chi connectivity index (χ1n) is 4.54. The van der Waals surface area contributed by atoms with Crippen LogP contribution in [0.5, 0.6) is 0 Å². The van der Waals surface area contributed by atoms with Gasteiger partial charge in [-0.1, -0.05) is 0 Å². The van der Waals surface area contributed by atoms with Gasteiger partial charge in [0.15, 0.2) is 0 Å². The lowest BCUT2D eigenvalue weighted by Gasteiger charge is -2.11. The SMILES string of the molecule is COC(=O)[C@@H](C)NC(=O)c1cncc(Br)c1. The number of esters is 1. The molecule has 1 N–H and O–H groups in total. The zero-order valence-electron chi connectivity index (χ0n) is 8.86. The van der Waals surface area contributed by atoms with E-state index in [1.54, 1.807) is 19.2 Å². The highest BCUT2D eigenvalue weighted by molar-refractivity contribution is 9.10. The number of hydrogen-bond donors (Lipinski definition) is 1. The highest BCUT2D eigenvalue weighted by Crippen LogP contribution is 2.09. The van der Waals surface area contributed by atoms with E-state index in [9.17, 15) is 9.59 Å². The molecule has 1 rings (SSSR count). The predicted octanol–water partition coefficient (Wildman–Crippen LogP) is 1.14. The van der Waals surface area contributed by atoms with Crippen molar-refractivity contribution in [3.05, 3.63) is 28.5 Å². The molecule has 6 heteroatoms. The summed E-state index contributed by atoms with van der Waals surface area (Å²) in [6, 6.07) is 0.934. The number of carbonyl (C=O) groups is 2. The van der Waals surface area contributed by atoms with Gasteiger partial charge in [0, 0.05) is 16.9 Å². The Labute approximate surface area is 101 Å². The van der Waals surface area contributed by atoms with Crippen molar-refractivity contribution >= 4 is 27.8 Å². The second kappa shape index (κ2) is 5.60. The molecule has 0 aliphatic rings. The molecule has 0 fully saturated rings. The van der Waals surface area contributed by atoms with Gasteiger partial charge in [-0.2, -0.15) is 0 Å². The van der Waals surface area contributed by atoms with Crippen molar-refractivity contribution in [3.63, 3.8) is 0 Å². The number of carbonyl (C=O) groups excluding carboxylic acids is 2. The number of ether oxygens (including phenoxy) is 1. The van der Waals surface area contributed by atoms with Gasteiger partial charge >= 0.3 is 5.97 Å². The van der Waals surface area contributed by atoms with E-state index in [1.807, 2.05) is 0 Å². The zero-order valence-corrected chi connectivity index (χ0v) is 10.4. The van der Waals surface area contributed by atoms with Crippen LogP contribution in [0.1, 0.15) is 17.3 Å². The molecule has 0 spiro atoms. The number of nitrogens with one attached hydrogen (secondary N) is 1. The number of amides is 1. The third-order valence-corrected chi connectivity index (χ3v) is 2.30. The third-order valence-electron chi connectivity index (χ3n) is 1.87. The fourth-order valence-electron chi connectivity index (χ4n) is 1.05. The summed E-state index contributed by atoms with van der Waals surface area (Å²) >= 11 is 3.21. The number of pyridine rings is 1. The van der Waals surface area contributed by atoms with Crippen molar-refractivity contribution < 1.29 is 14.3 Å². The van der Waals surface area contributed by atoms with E-state index in [-0.39, 0.29) is 5.91 Å². The van der Waals surface area contributed by atoms with Crippen LogP contribution in [-0.2, 0) is 9.53 Å². The standard InChI is InChI=1S/C10H11BrN2O3/c1-6(10(15)16-2)13-9(14)7-3-8(11)5-12-4-7/h3-6H,1-2H3,(H,13,14)/t6-/m1/s1. The Hall–Kier alpha value is -1.43. The lowest BCUT2D eigenvalue weighted by Crippen LogP contribution is -2.39. The fraction of sp³-hybridized carbons (Fsp3) is 0.300. The Morgan fingerprint density at radius 1 is 1.50 bits per heavy atom.